The van der Waals surface area contributed by atoms with Crippen LogP contribution in [0.5, 0.6) is 0 Å². The maximum Gasteiger partial charge on any atom is 0.197 e. The van der Waals surface area contributed by atoms with Crippen LogP contribution in [0.1, 0.15) is 54.8 Å². The molecule has 1 aromatic carbocycles. The Balaban J connectivity index is 2.69. The number of carbonyl (C=O) groups excluding carboxylic acids is 1. The van der Waals surface area contributed by atoms with E-state index in [9.17, 15) is 4.79 Å². The summed E-state index contributed by atoms with van der Waals surface area (Å²) >= 11 is 0. The topological polar surface area (TPSA) is 30.2 Å². The van der Waals surface area contributed by atoms with Gasteiger partial charge in [0.05, 0.1) is 0 Å². The fourth-order valence-corrected chi connectivity index (χ4v) is 2.09. The summed E-state index contributed by atoms with van der Waals surface area (Å²) in [6.45, 7) is 8.17. The monoisotopic (exact) mass is 230 g/mol. The first-order chi connectivity index (χ1) is 8.04. The zero-order valence-electron chi connectivity index (χ0n) is 10.8. The Bertz CT molecular complexity index is 562. The lowest BCUT2D eigenvalue weighted by molar-refractivity contribution is 0.0963. The number of hydrogen-bond donors (Lipinski definition) is 0. The van der Waals surface area contributed by atoms with E-state index in [4.69, 9.17) is 4.42 Å². The molecule has 2 heteroatoms. The van der Waals surface area contributed by atoms with Crippen molar-refractivity contribution >= 4 is 16.8 Å². The molecule has 0 atom stereocenters. The third kappa shape index (κ3) is 1.99. The molecule has 0 aliphatic rings. The quantitative estimate of drug-likeness (QED) is 0.729. The zero-order chi connectivity index (χ0) is 12.6. The summed E-state index contributed by atoms with van der Waals surface area (Å²) in [6.07, 6.45) is 0.482. The van der Waals surface area contributed by atoms with E-state index in [1.807, 2.05) is 19.9 Å². The summed E-state index contributed by atoms with van der Waals surface area (Å²) in [5.41, 5.74) is 3.18. The molecule has 0 radical (unpaired) electrons. The molecule has 1 heterocycles. The van der Waals surface area contributed by atoms with E-state index in [1.165, 1.54) is 5.56 Å². The molecule has 0 N–H and O–H groups in total. The van der Waals surface area contributed by atoms with Crippen LogP contribution in [0.3, 0.4) is 0 Å². The second kappa shape index (κ2) is 4.36. The Hall–Kier alpha value is -1.57. The third-order valence-corrected chi connectivity index (χ3v) is 3.13. The number of carbonyl (C=O) groups is 1. The van der Waals surface area contributed by atoms with Gasteiger partial charge in [-0.2, -0.15) is 0 Å². The summed E-state index contributed by atoms with van der Waals surface area (Å²) in [5.74, 6) is 0.981. The molecular weight excluding hydrogens is 212 g/mol. The Morgan fingerprint density at radius 3 is 2.65 bits per heavy atom. The predicted molar refractivity (Wildman–Crippen MR) is 69.7 cm³/mol. The smallest absolute Gasteiger partial charge is 0.197 e. The first-order valence-electron chi connectivity index (χ1n) is 6.10. The molecular formula is C15H18O2. The van der Waals surface area contributed by atoms with Gasteiger partial charge in [0, 0.05) is 11.8 Å². The molecule has 0 spiro atoms. The molecule has 0 saturated heterocycles. The lowest BCUT2D eigenvalue weighted by atomic mass is 9.97. The Morgan fingerprint density at radius 1 is 1.35 bits per heavy atom. The van der Waals surface area contributed by atoms with Gasteiger partial charge >= 0.3 is 0 Å². The third-order valence-electron chi connectivity index (χ3n) is 3.13. The molecule has 1 aromatic heterocycles. The molecule has 0 aliphatic heterocycles. The molecule has 90 valence electrons. The molecule has 0 amide bonds. The molecule has 0 aliphatic carbocycles. The van der Waals surface area contributed by atoms with Crippen LogP contribution in [0.2, 0.25) is 0 Å². The highest BCUT2D eigenvalue weighted by Gasteiger charge is 2.15. The minimum atomic E-state index is 0.0651. The first kappa shape index (κ1) is 11.9. The second-order valence-corrected chi connectivity index (χ2v) is 4.76. The van der Waals surface area contributed by atoms with Crippen molar-refractivity contribution in [1.29, 1.82) is 0 Å². The van der Waals surface area contributed by atoms with E-state index in [1.54, 1.807) is 0 Å². The van der Waals surface area contributed by atoms with Crippen LogP contribution in [0.25, 0.3) is 11.0 Å². The number of ketones is 1. The summed E-state index contributed by atoms with van der Waals surface area (Å²) in [5, 5.41) is 1.08. The lowest BCUT2D eigenvalue weighted by Crippen LogP contribution is -1.92. The number of rotatable bonds is 3. The van der Waals surface area contributed by atoms with Gasteiger partial charge in [-0.15, -0.1) is 0 Å². The molecule has 2 aromatic rings. The second-order valence-electron chi connectivity index (χ2n) is 4.76. The van der Waals surface area contributed by atoms with Gasteiger partial charge < -0.3 is 4.42 Å². The van der Waals surface area contributed by atoms with Gasteiger partial charge in [-0.25, -0.2) is 0 Å². The van der Waals surface area contributed by atoms with Crippen LogP contribution in [0.15, 0.2) is 22.6 Å². The van der Waals surface area contributed by atoms with E-state index in [-0.39, 0.29) is 5.78 Å². The molecule has 2 nitrogen and oxygen atoms in total. The van der Waals surface area contributed by atoms with E-state index in [0.29, 0.717) is 18.1 Å². The van der Waals surface area contributed by atoms with Crippen LogP contribution in [0.4, 0.5) is 0 Å². The summed E-state index contributed by atoms with van der Waals surface area (Å²) in [7, 11) is 0. The molecule has 0 bridgehead atoms. The highest BCUT2D eigenvalue weighted by atomic mass is 16.3. The van der Waals surface area contributed by atoms with E-state index in [0.717, 1.165) is 16.5 Å². The van der Waals surface area contributed by atoms with Gasteiger partial charge in [0.15, 0.2) is 11.5 Å². The van der Waals surface area contributed by atoms with Crippen LogP contribution < -0.4 is 0 Å². The van der Waals surface area contributed by atoms with Crippen molar-refractivity contribution in [2.45, 2.75) is 40.0 Å². The SMILES string of the molecule is CCC(=O)c1cc2c(C(C)C)ccc(C)c2o1. The number of hydrogen-bond acceptors (Lipinski definition) is 2. The fraction of sp³-hybridized carbons (Fsp3) is 0.400. The van der Waals surface area contributed by atoms with Crippen molar-refractivity contribution in [1.82, 2.24) is 0 Å². The number of aryl methyl sites for hydroxylation is 1. The minimum absolute atomic E-state index is 0.0651. The van der Waals surface area contributed by atoms with Crippen molar-refractivity contribution in [3.63, 3.8) is 0 Å². The summed E-state index contributed by atoms with van der Waals surface area (Å²) in [4.78, 5) is 11.7. The first-order valence-corrected chi connectivity index (χ1v) is 6.10. The van der Waals surface area contributed by atoms with Crippen LogP contribution in [0, 0.1) is 6.92 Å². The van der Waals surface area contributed by atoms with E-state index < -0.39 is 0 Å². The molecule has 2 rings (SSSR count). The molecule has 17 heavy (non-hydrogen) atoms. The summed E-state index contributed by atoms with van der Waals surface area (Å²) < 4.78 is 5.69. The van der Waals surface area contributed by atoms with Crippen molar-refractivity contribution in [3.8, 4) is 0 Å². The molecule has 0 saturated carbocycles. The number of furan rings is 1. The average Bonchev–Trinajstić information content (AvgIpc) is 2.73. The van der Waals surface area contributed by atoms with Gasteiger partial charge in [0.2, 0.25) is 0 Å². The minimum Gasteiger partial charge on any atom is -0.453 e. The van der Waals surface area contributed by atoms with E-state index in [2.05, 4.69) is 26.0 Å². The van der Waals surface area contributed by atoms with E-state index >= 15 is 0 Å². The van der Waals surface area contributed by atoms with Crippen LogP contribution in [-0.2, 0) is 0 Å². The van der Waals surface area contributed by atoms with Crippen molar-refractivity contribution in [2.24, 2.45) is 0 Å². The Kier molecular flexibility index (Phi) is 3.05. The van der Waals surface area contributed by atoms with Crippen LogP contribution in [-0.4, -0.2) is 5.78 Å². The number of fused-ring (bicyclic) bond motifs is 1. The van der Waals surface area contributed by atoms with Crippen molar-refractivity contribution < 1.29 is 9.21 Å². The molecule has 0 unspecified atom stereocenters. The Morgan fingerprint density at radius 2 is 2.06 bits per heavy atom. The van der Waals surface area contributed by atoms with Crippen molar-refractivity contribution in [3.05, 3.63) is 35.1 Å². The van der Waals surface area contributed by atoms with Gasteiger partial charge in [-0.1, -0.05) is 32.9 Å². The highest BCUT2D eigenvalue weighted by Crippen LogP contribution is 2.30. The molecule has 0 fully saturated rings. The number of benzene rings is 1. The van der Waals surface area contributed by atoms with Gasteiger partial charge in [-0.3, -0.25) is 4.79 Å². The van der Waals surface area contributed by atoms with Gasteiger partial charge in [0.25, 0.3) is 0 Å². The van der Waals surface area contributed by atoms with Crippen molar-refractivity contribution in [2.75, 3.05) is 0 Å². The zero-order valence-corrected chi connectivity index (χ0v) is 10.8. The predicted octanol–water partition coefficient (Wildman–Crippen LogP) is 4.46. The maximum atomic E-state index is 11.7. The largest absolute Gasteiger partial charge is 0.453 e. The Labute approximate surface area is 102 Å². The number of Topliss-reactive ketones (excluding diaryl/α,β-unsaturated/α-hetero) is 1. The normalized spacial score (nSPS) is 11.4. The van der Waals surface area contributed by atoms with Gasteiger partial charge in [0.1, 0.15) is 5.58 Å². The highest BCUT2D eigenvalue weighted by molar-refractivity contribution is 5.98. The lowest BCUT2D eigenvalue weighted by Gasteiger charge is -2.07. The average molecular weight is 230 g/mol. The van der Waals surface area contributed by atoms with Crippen LogP contribution >= 0.6 is 0 Å². The van der Waals surface area contributed by atoms with Gasteiger partial charge in [-0.05, 0) is 30.0 Å². The summed E-state index contributed by atoms with van der Waals surface area (Å²) in [6, 6.07) is 6.07. The maximum absolute atomic E-state index is 11.7. The standard InChI is InChI=1S/C15H18O2/c1-5-13(16)14-8-12-11(9(2)3)7-6-10(4)15(12)17-14/h6-9H,5H2,1-4H3. The fourth-order valence-electron chi connectivity index (χ4n) is 2.09.